The summed E-state index contributed by atoms with van der Waals surface area (Å²) in [6, 6.07) is 2.91. The van der Waals surface area contributed by atoms with E-state index < -0.39 is 11.9 Å². The number of methoxy groups -OCH3 is 1. The van der Waals surface area contributed by atoms with Gasteiger partial charge in [0.2, 0.25) is 0 Å². The smallest absolute Gasteiger partial charge is 0.133 e. The summed E-state index contributed by atoms with van der Waals surface area (Å²) in [4.78, 5) is 0. The molecule has 0 amide bonds. The predicted octanol–water partition coefficient (Wildman–Crippen LogP) is 2.65. The number of rotatable bonds is 2. The van der Waals surface area contributed by atoms with Crippen molar-refractivity contribution in [3.8, 4) is 5.75 Å². The lowest BCUT2D eigenvalue weighted by atomic mass is 10.1. The van der Waals surface area contributed by atoms with Crippen LogP contribution in [0.1, 0.15) is 18.6 Å². The quantitative estimate of drug-likeness (QED) is 0.873. The highest BCUT2D eigenvalue weighted by Crippen LogP contribution is 2.31. The second-order valence-corrected chi connectivity index (χ2v) is 3.60. The summed E-state index contributed by atoms with van der Waals surface area (Å²) in [6.45, 7) is 1.49. The van der Waals surface area contributed by atoms with Crippen LogP contribution >= 0.6 is 15.9 Å². The zero-order chi connectivity index (χ0) is 10.0. The van der Waals surface area contributed by atoms with Gasteiger partial charge in [-0.15, -0.1) is 0 Å². The van der Waals surface area contributed by atoms with Crippen molar-refractivity contribution in [3.05, 3.63) is 28.0 Å². The van der Waals surface area contributed by atoms with Crippen LogP contribution in [-0.2, 0) is 0 Å². The third kappa shape index (κ3) is 2.19. The van der Waals surface area contributed by atoms with E-state index in [9.17, 15) is 9.50 Å². The van der Waals surface area contributed by atoms with Crippen molar-refractivity contribution in [2.45, 2.75) is 13.0 Å². The first-order valence-corrected chi connectivity index (χ1v) is 4.56. The summed E-state index contributed by atoms with van der Waals surface area (Å²) in [5.74, 6) is -0.122. The summed E-state index contributed by atoms with van der Waals surface area (Å²) < 4.78 is 18.8. The van der Waals surface area contributed by atoms with E-state index in [1.807, 2.05) is 0 Å². The van der Waals surface area contributed by atoms with E-state index in [1.54, 1.807) is 6.07 Å². The van der Waals surface area contributed by atoms with Crippen molar-refractivity contribution < 1.29 is 14.2 Å². The lowest BCUT2D eigenvalue weighted by Crippen LogP contribution is -2.00. The van der Waals surface area contributed by atoms with Gasteiger partial charge in [0, 0.05) is 4.47 Å². The normalized spacial score (nSPS) is 12.7. The minimum atomic E-state index is -0.872. The number of aliphatic hydroxyl groups excluding tert-OH is 1. The van der Waals surface area contributed by atoms with Gasteiger partial charge in [-0.05, 0) is 19.1 Å². The Balaban J connectivity index is 3.30. The molecule has 0 fully saturated rings. The molecule has 2 nitrogen and oxygen atoms in total. The average Bonchev–Trinajstić information content (AvgIpc) is 2.01. The van der Waals surface area contributed by atoms with Crippen LogP contribution in [0.2, 0.25) is 0 Å². The molecule has 1 N–H and O–H groups in total. The molecule has 1 atom stereocenters. The van der Waals surface area contributed by atoms with Gasteiger partial charge in [-0.2, -0.15) is 0 Å². The molecule has 1 unspecified atom stereocenters. The molecular weight excluding hydrogens is 239 g/mol. The lowest BCUT2D eigenvalue weighted by Gasteiger charge is -2.12. The lowest BCUT2D eigenvalue weighted by molar-refractivity contribution is 0.188. The maximum atomic E-state index is 13.3. The standard InChI is InChI=1S/C9H10BrFO2/c1-5(12)9-7(11)3-6(10)4-8(9)13-2/h3-5,12H,1-2H3. The fraction of sp³-hybridized carbons (Fsp3) is 0.333. The highest BCUT2D eigenvalue weighted by molar-refractivity contribution is 9.10. The predicted molar refractivity (Wildman–Crippen MR) is 51.3 cm³/mol. The molecule has 1 rings (SSSR count). The summed E-state index contributed by atoms with van der Waals surface area (Å²) >= 11 is 3.14. The van der Waals surface area contributed by atoms with Gasteiger partial charge in [-0.1, -0.05) is 15.9 Å². The van der Waals surface area contributed by atoms with Crippen molar-refractivity contribution in [2.24, 2.45) is 0 Å². The molecule has 0 aliphatic rings. The molecule has 0 aliphatic heterocycles. The molecule has 0 spiro atoms. The first-order valence-electron chi connectivity index (χ1n) is 3.77. The number of aliphatic hydroxyl groups is 1. The van der Waals surface area contributed by atoms with Crippen molar-refractivity contribution in [1.29, 1.82) is 0 Å². The molecular formula is C9H10BrFO2. The Hall–Kier alpha value is -0.610. The Labute approximate surface area is 84.5 Å². The van der Waals surface area contributed by atoms with Crippen LogP contribution in [0.4, 0.5) is 4.39 Å². The van der Waals surface area contributed by atoms with E-state index >= 15 is 0 Å². The second kappa shape index (κ2) is 4.07. The third-order valence-corrected chi connectivity index (χ3v) is 2.15. The minimum Gasteiger partial charge on any atom is -0.496 e. The Bertz CT molecular complexity index is 313. The Morgan fingerprint density at radius 1 is 1.54 bits per heavy atom. The molecule has 0 aromatic heterocycles. The van der Waals surface area contributed by atoms with Gasteiger partial charge in [0.25, 0.3) is 0 Å². The molecule has 13 heavy (non-hydrogen) atoms. The first-order chi connectivity index (χ1) is 6.06. The van der Waals surface area contributed by atoms with E-state index in [-0.39, 0.29) is 5.56 Å². The van der Waals surface area contributed by atoms with Crippen LogP contribution in [0.5, 0.6) is 5.75 Å². The summed E-state index contributed by atoms with van der Waals surface area (Å²) in [5, 5.41) is 9.27. The van der Waals surface area contributed by atoms with Gasteiger partial charge in [-0.3, -0.25) is 0 Å². The topological polar surface area (TPSA) is 29.5 Å². The Morgan fingerprint density at radius 3 is 2.62 bits per heavy atom. The SMILES string of the molecule is COc1cc(Br)cc(F)c1C(C)O. The van der Waals surface area contributed by atoms with Gasteiger partial charge < -0.3 is 9.84 Å². The molecule has 1 aromatic rings. The molecule has 0 radical (unpaired) electrons. The van der Waals surface area contributed by atoms with Crippen LogP contribution in [0, 0.1) is 5.82 Å². The van der Waals surface area contributed by atoms with Gasteiger partial charge >= 0.3 is 0 Å². The summed E-state index contributed by atoms with van der Waals surface area (Å²) in [5.41, 5.74) is 0.186. The van der Waals surface area contributed by atoms with E-state index in [2.05, 4.69) is 15.9 Å². The van der Waals surface area contributed by atoms with Crippen LogP contribution < -0.4 is 4.74 Å². The number of hydrogen-bond acceptors (Lipinski definition) is 2. The van der Waals surface area contributed by atoms with Crippen LogP contribution in [0.3, 0.4) is 0 Å². The first kappa shape index (κ1) is 10.5. The van der Waals surface area contributed by atoms with Crippen LogP contribution in [0.15, 0.2) is 16.6 Å². The maximum Gasteiger partial charge on any atom is 0.133 e. The average molecular weight is 249 g/mol. The maximum absolute atomic E-state index is 13.3. The van der Waals surface area contributed by atoms with Gasteiger partial charge in [0.1, 0.15) is 11.6 Å². The van der Waals surface area contributed by atoms with Crippen LogP contribution in [0.25, 0.3) is 0 Å². The second-order valence-electron chi connectivity index (χ2n) is 2.68. The molecule has 0 bridgehead atoms. The Morgan fingerprint density at radius 2 is 2.15 bits per heavy atom. The van der Waals surface area contributed by atoms with Gasteiger partial charge in [0.05, 0.1) is 18.8 Å². The molecule has 0 aliphatic carbocycles. The zero-order valence-corrected chi connectivity index (χ0v) is 8.93. The van der Waals surface area contributed by atoms with E-state index in [4.69, 9.17) is 4.74 Å². The molecule has 72 valence electrons. The largest absolute Gasteiger partial charge is 0.496 e. The fourth-order valence-corrected chi connectivity index (χ4v) is 1.54. The van der Waals surface area contributed by atoms with E-state index in [1.165, 1.54) is 20.1 Å². The van der Waals surface area contributed by atoms with Crippen LogP contribution in [-0.4, -0.2) is 12.2 Å². The number of hydrogen-bond donors (Lipinski definition) is 1. The summed E-state index contributed by atoms with van der Waals surface area (Å²) in [6.07, 6.45) is -0.872. The monoisotopic (exact) mass is 248 g/mol. The van der Waals surface area contributed by atoms with E-state index in [0.29, 0.717) is 10.2 Å². The van der Waals surface area contributed by atoms with Gasteiger partial charge in [0.15, 0.2) is 0 Å². The molecule has 0 saturated heterocycles. The fourth-order valence-electron chi connectivity index (χ4n) is 1.14. The number of benzene rings is 1. The zero-order valence-electron chi connectivity index (χ0n) is 7.34. The summed E-state index contributed by atoms with van der Waals surface area (Å²) in [7, 11) is 1.44. The number of ether oxygens (including phenoxy) is 1. The number of halogens is 2. The molecule has 0 heterocycles. The third-order valence-electron chi connectivity index (χ3n) is 1.69. The van der Waals surface area contributed by atoms with Crippen molar-refractivity contribution in [2.75, 3.05) is 7.11 Å². The van der Waals surface area contributed by atoms with Gasteiger partial charge in [-0.25, -0.2) is 4.39 Å². The molecule has 1 aromatic carbocycles. The molecule has 0 saturated carbocycles. The highest BCUT2D eigenvalue weighted by atomic mass is 79.9. The van der Waals surface area contributed by atoms with Crippen molar-refractivity contribution in [1.82, 2.24) is 0 Å². The van der Waals surface area contributed by atoms with E-state index in [0.717, 1.165) is 0 Å². The van der Waals surface area contributed by atoms with Crippen molar-refractivity contribution >= 4 is 15.9 Å². The van der Waals surface area contributed by atoms with Crippen molar-refractivity contribution in [3.63, 3.8) is 0 Å². The Kier molecular flexibility index (Phi) is 3.27. The highest BCUT2D eigenvalue weighted by Gasteiger charge is 2.15. The molecule has 4 heteroatoms. The minimum absolute atomic E-state index is 0.186.